The van der Waals surface area contributed by atoms with Crippen molar-refractivity contribution >= 4 is 30.2 Å². The second-order valence-corrected chi connectivity index (χ2v) is 4.08. The lowest BCUT2D eigenvalue weighted by Gasteiger charge is -1.97. The third-order valence-corrected chi connectivity index (χ3v) is 2.69. The predicted octanol–water partition coefficient (Wildman–Crippen LogP) is 3.63. The van der Waals surface area contributed by atoms with Gasteiger partial charge < -0.3 is 0 Å². The van der Waals surface area contributed by atoms with Gasteiger partial charge in [0, 0.05) is 23.2 Å². The summed E-state index contributed by atoms with van der Waals surface area (Å²) in [6, 6.07) is 13.7. The first-order valence-electron chi connectivity index (χ1n) is 5.23. The summed E-state index contributed by atoms with van der Waals surface area (Å²) in [5.74, 6) is 0. The van der Waals surface area contributed by atoms with E-state index in [-0.39, 0.29) is 5.69 Å². The summed E-state index contributed by atoms with van der Waals surface area (Å²) in [6.45, 7) is 0. The average molecular weight is 258 g/mol. The molecule has 0 bridgehead atoms. The van der Waals surface area contributed by atoms with Gasteiger partial charge in [-0.15, -0.1) is 12.6 Å². The van der Waals surface area contributed by atoms with E-state index in [4.69, 9.17) is 0 Å². The Morgan fingerprint density at radius 1 is 1.17 bits per heavy atom. The zero-order valence-electron chi connectivity index (χ0n) is 9.35. The zero-order valence-corrected chi connectivity index (χ0v) is 10.2. The monoisotopic (exact) mass is 258 g/mol. The van der Waals surface area contributed by atoms with E-state index in [1.54, 1.807) is 18.3 Å². The van der Waals surface area contributed by atoms with Gasteiger partial charge in [0.25, 0.3) is 5.69 Å². The summed E-state index contributed by atoms with van der Waals surface area (Å²) in [7, 11) is 0. The molecule has 18 heavy (non-hydrogen) atoms. The third-order valence-electron chi connectivity index (χ3n) is 2.32. The minimum Gasteiger partial charge on any atom is -0.258 e. The molecule has 2 rings (SSSR count). The van der Waals surface area contributed by atoms with E-state index in [1.165, 1.54) is 12.1 Å². The molecular formula is C13H10N2O2S. The molecular weight excluding hydrogens is 248 g/mol. The standard InChI is InChI=1S/C13H10N2O2S/c16-15(17)11-5-3-4-10(8-11)9-14-12-6-1-2-7-13(12)18/h1-9,18H. The number of rotatable bonds is 3. The lowest BCUT2D eigenvalue weighted by Crippen LogP contribution is -1.89. The fraction of sp³-hybridized carbons (Fsp3) is 0. The van der Waals surface area contributed by atoms with E-state index in [1.807, 2.05) is 24.3 Å². The maximum absolute atomic E-state index is 10.6. The highest BCUT2D eigenvalue weighted by Gasteiger charge is 2.04. The number of non-ortho nitro benzene ring substituents is 1. The number of nitro groups is 1. The molecule has 0 radical (unpaired) electrons. The summed E-state index contributed by atoms with van der Waals surface area (Å²) in [6.07, 6.45) is 1.59. The van der Waals surface area contributed by atoms with Crippen molar-refractivity contribution in [1.29, 1.82) is 0 Å². The average Bonchev–Trinajstić information content (AvgIpc) is 2.38. The highest BCUT2D eigenvalue weighted by Crippen LogP contribution is 2.22. The molecule has 90 valence electrons. The molecule has 2 aromatic rings. The van der Waals surface area contributed by atoms with E-state index in [0.717, 1.165) is 10.6 Å². The van der Waals surface area contributed by atoms with Gasteiger partial charge in [0.2, 0.25) is 0 Å². The SMILES string of the molecule is O=[N+]([O-])c1cccc(C=Nc2ccccc2S)c1. The van der Waals surface area contributed by atoms with Crippen LogP contribution in [0.15, 0.2) is 58.4 Å². The minimum atomic E-state index is -0.427. The first kappa shape index (κ1) is 12.3. The molecule has 0 saturated heterocycles. The van der Waals surface area contributed by atoms with Gasteiger partial charge in [0.05, 0.1) is 10.6 Å². The third kappa shape index (κ3) is 2.95. The first-order chi connectivity index (χ1) is 8.66. The lowest BCUT2D eigenvalue weighted by atomic mass is 10.2. The Morgan fingerprint density at radius 3 is 2.67 bits per heavy atom. The first-order valence-corrected chi connectivity index (χ1v) is 5.68. The van der Waals surface area contributed by atoms with Gasteiger partial charge in [-0.1, -0.05) is 24.3 Å². The summed E-state index contributed by atoms with van der Waals surface area (Å²) < 4.78 is 0. The number of nitrogens with zero attached hydrogens (tertiary/aromatic N) is 2. The van der Waals surface area contributed by atoms with Crippen molar-refractivity contribution in [3.63, 3.8) is 0 Å². The zero-order chi connectivity index (χ0) is 13.0. The van der Waals surface area contributed by atoms with Crippen molar-refractivity contribution in [2.45, 2.75) is 4.90 Å². The largest absolute Gasteiger partial charge is 0.270 e. The van der Waals surface area contributed by atoms with Crippen LogP contribution in [0.3, 0.4) is 0 Å². The molecule has 0 saturated carbocycles. The molecule has 0 amide bonds. The number of nitro benzene ring substituents is 1. The Balaban J connectivity index is 2.27. The normalized spacial score (nSPS) is 10.7. The summed E-state index contributed by atoms with van der Waals surface area (Å²) in [5.41, 5.74) is 1.46. The molecule has 0 heterocycles. The summed E-state index contributed by atoms with van der Waals surface area (Å²) in [5, 5.41) is 10.6. The van der Waals surface area contributed by atoms with E-state index >= 15 is 0 Å². The number of para-hydroxylation sites is 1. The molecule has 0 N–H and O–H groups in total. The summed E-state index contributed by atoms with van der Waals surface area (Å²) >= 11 is 4.28. The van der Waals surface area contributed by atoms with Crippen molar-refractivity contribution in [2.24, 2.45) is 4.99 Å². The van der Waals surface area contributed by atoms with Crippen LogP contribution in [0, 0.1) is 10.1 Å². The highest BCUT2D eigenvalue weighted by molar-refractivity contribution is 7.80. The number of benzene rings is 2. The van der Waals surface area contributed by atoms with Crippen LogP contribution < -0.4 is 0 Å². The van der Waals surface area contributed by atoms with Crippen molar-refractivity contribution in [1.82, 2.24) is 0 Å². The smallest absolute Gasteiger partial charge is 0.258 e. The highest BCUT2D eigenvalue weighted by atomic mass is 32.1. The molecule has 0 aliphatic heterocycles. The van der Waals surface area contributed by atoms with Crippen molar-refractivity contribution < 1.29 is 4.92 Å². The van der Waals surface area contributed by atoms with Gasteiger partial charge in [-0.2, -0.15) is 0 Å². The van der Waals surface area contributed by atoms with Crippen LogP contribution in [-0.4, -0.2) is 11.1 Å². The van der Waals surface area contributed by atoms with Gasteiger partial charge in [0.15, 0.2) is 0 Å². The Bertz CT molecular complexity index is 611. The Kier molecular flexibility index (Phi) is 3.74. The summed E-state index contributed by atoms with van der Waals surface area (Å²) in [4.78, 5) is 15.2. The van der Waals surface area contributed by atoms with Crippen LogP contribution in [0.5, 0.6) is 0 Å². The molecule has 0 aliphatic rings. The fourth-order valence-corrected chi connectivity index (χ4v) is 1.65. The Labute approximate surface area is 110 Å². The quantitative estimate of drug-likeness (QED) is 0.395. The van der Waals surface area contributed by atoms with Gasteiger partial charge in [-0.05, 0) is 17.7 Å². The second-order valence-electron chi connectivity index (χ2n) is 3.60. The van der Waals surface area contributed by atoms with Gasteiger partial charge >= 0.3 is 0 Å². The second kappa shape index (κ2) is 5.46. The van der Waals surface area contributed by atoms with E-state index in [2.05, 4.69) is 17.6 Å². The number of aliphatic imine (C=N–C) groups is 1. The van der Waals surface area contributed by atoms with Crippen molar-refractivity contribution in [3.05, 3.63) is 64.2 Å². The molecule has 0 unspecified atom stereocenters. The number of hydrogen-bond acceptors (Lipinski definition) is 4. The maximum atomic E-state index is 10.6. The lowest BCUT2D eigenvalue weighted by molar-refractivity contribution is -0.384. The van der Waals surface area contributed by atoms with Crippen LogP contribution in [0.2, 0.25) is 0 Å². The molecule has 0 spiro atoms. The van der Waals surface area contributed by atoms with Crippen LogP contribution in [0.25, 0.3) is 0 Å². The van der Waals surface area contributed by atoms with Crippen LogP contribution >= 0.6 is 12.6 Å². The topological polar surface area (TPSA) is 55.5 Å². The van der Waals surface area contributed by atoms with E-state index in [0.29, 0.717) is 5.56 Å². The van der Waals surface area contributed by atoms with Crippen LogP contribution in [0.4, 0.5) is 11.4 Å². The molecule has 0 atom stereocenters. The Morgan fingerprint density at radius 2 is 1.94 bits per heavy atom. The van der Waals surface area contributed by atoms with Crippen molar-refractivity contribution in [2.75, 3.05) is 0 Å². The van der Waals surface area contributed by atoms with Crippen molar-refractivity contribution in [3.8, 4) is 0 Å². The maximum Gasteiger partial charge on any atom is 0.270 e. The molecule has 2 aromatic carbocycles. The molecule has 5 heteroatoms. The van der Waals surface area contributed by atoms with Crippen LogP contribution in [-0.2, 0) is 0 Å². The number of hydrogen-bond donors (Lipinski definition) is 1. The molecule has 4 nitrogen and oxygen atoms in total. The van der Waals surface area contributed by atoms with E-state index < -0.39 is 4.92 Å². The van der Waals surface area contributed by atoms with Gasteiger partial charge in [0.1, 0.15) is 0 Å². The predicted molar refractivity (Wildman–Crippen MR) is 74.0 cm³/mol. The molecule has 0 fully saturated rings. The Hall–Kier alpha value is -2.14. The van der Waals surface area contributed by atoms with Gasteiger partial charge in [-0.25, -0.2) is 0 Å². The molecule has 0 aliphatic carbocycles. The van der Waals surface area contributed by atoms with Gasteiger partial charge in [-0.3, -0.25) is 15.1 Å². The number of thiol groups is 1. The minimum absolute atomic E-state index is 0.0538. The molecule has 0 aromatic heterocycles. The fourth-order valence-electron chi connectivity index (χ4n) is 1.44. The van der Waals surface area contributed by atoms with E-state index in [9.17, 15) is 10.1 Å². The van der Waals surface area contributed by atoms with Crippen LogP contribution in [0.1, 0.15) is 5.56 Å².